The first kappa shape index (κ1) is 31.1. The molecule has 9 nitrogen and oxygen atoms in total. The lowest BCUT2D eigenvalue weighted by atomic mass is 9.77. The number of aliphatic hydroxyl groups is 1. The van der Waals surface area contributed by atoms with E-state index in [0.717, 1.165) is 23.6 Å². The first-order chi connectivity index (χ1) is 21.7. The van der Waals surface area contributed by atoms with Gasteiger partial charge in [-0.1, -0.05) is 95.4 Å². The molecule has 3 heterocycles. The van der Waals surface area contributed by atoms with Gasteiger partial charge in [-0.15, -0.1) is 0 Å². The minimum atomic E-state index is -2.60. The number of aliphatic hydroxyl groups excluding tert-OH is 1. The van der Waals surface area contributed by atoms with Gasteiger partial charge in [-0.3, -0.25) is 4.57 Å². The normalized spacial score (nSPS) is 23.3. The van der Waals surface area contributed by atoms with E-state index in [2.05, 4.69) is 10.3 Å². The molecule has 2 aromatic heterocycles. The van der Waals surface area contributed by atoms with Crippen molar-refractivity contribution in [2.24, 2.45) is 0 Å². The average Bonchev–Trinajstić information content (AvgIpc) is 3.57. The van der Waals surface area contributed by atoms with Crippen LogP contribution in [-0.2, 0) is 10.3 Å². The van der Waals surface area contributed by atoms with Crippen LogP contribution in [-0.4, -0.2) is 60.4 Å². The molecule has 0 spiro atoms. The van der Waals surface area contributed by atoms with Crippen LogP contribution in [0.2, 0.25) is 0 Å². The van der Waals surface area contributed by atoms with Crippen molar-refractivity contribution >= 4 is 39.7 Å². The second-order valence-corrected chi connectivity index (χ2v) is 11.7. The molecule has 0 unspecified atom stereocenters. The molecule has 6 rings (SSSR count). The summed E-state index contributed by atoms with van der Waals surface area (Å²) in [5.41, 5.74) is -0.520. The molecule has 0 radical (unpaired) electrons. The number of aromatic nitrogens is 4. The Kier molecular flexibility index (Phi) is 8.39. The van der Waals surface area contributed by atoms with Gasteiger partial charge in [0.1, 0.15) is 11.3 Å². The van der Waals surface area contributed by atoms with E-state index in [1.807, 2.05) is 84.9 Å². The van der Waals surface area contributed by atoms with E-state index >= 15 is 8.78 Å². The van der Waals surface area contributed by atoms with Crippen molar-refractivity contribution in [2.75, 3.05) is 23.5 Å². The number of alkyl halides is 3. The number of methoxy groups -OCH3 is 1. The molecule has 234 valence electrons. The number of fused-ring (bicyclic) bond motifs is 1. The fraction of sp³-hybridized carbons (Fsp3) is 0.303. The second kappa shape index (κ2) is 12.1. The van der Waals surface area contributed by atoms with Crippen molar-refractivity contribution in [2.45, 2.75) is 43.2 Å². The van der Waals surface area contributed by atoms with Crippen LogP contribution in [0.5, 0.6) is 11.6 Å². The third kappa shape index (κ3) is 5.28. The molecular weight excluding hydrogens is 695 g/mol. The molecule has 0 aliphatic carbocycles. The van der Waals surface area contributed by atoms with Crippen molar-refractivity contribution in [3.63, 3.8) is 0 Å². The zero-order chi connectivity index (χ0) is 31.8. The van der Waals surface area contributed by atoms with Gasteiger partial charge >= 0.3 is 0 Å². The first-order valence-corrected chi connectivity index (χ1v) is 15.9. The number of rotatable bonds is 10. The highest BCUT2D eigenvalue weighted by Crippen LogP contribution is 2.49. The summed E-state index contributed by atoms with van der Waals surface area (Å²) >= 11 is 1.73. The fourth-order valence-corrected chi connectivity index (χ4v) is 6.41. The summed E-state index contributed by atoms with van der Waals surface area (Å²) in [6, 6.07) is 27.4. The Labute approximate surface area is 272 Å². The van der Waals surface area contributed by atoms with Crippen LogP contribution in [0.4, 0.5) is 14.7 Å². The van der Waals surface area contributed by atoms with Gasteiger partial charge in [-0.05, 0) is 42.7 Å². The standard InChI is InChI=1S/C33H32F2IN5O4/c1-4-44-27-25-26(41(20-37-25)29-31(2,34)28(42)32(35,19-36)45-29)38-30(39-27)40-33(21-11-7-5-8-12-21,22-13-9-6-10-14-22)23-15-17-24(43-3)18-16-23/h5-18,20,28-29,42H,4,19H2,1-3H3,(H,38,39,40)/t28-,29-,31+,32+/m0/s1. The Morgan fingerprint density at radius 2 is 1.58 bits per heavy atom. The lowest BCUT2D eigenvalue weighted by Gasteiger charge is -2.37. The maximum atomic E-state index is 16.0. The molecule has 45 heavy (non-hydrogen) atoms. The quantitative estimate of drug-likeness (QED) is 0.0975. The number of benzene rings is 3. The highest BCUT2D eigenvalue weighted by molar-refractivity contribution is 14.1. The van der Waals surface area contributed by atoms with Crippen LogP contribution in [0.15, 0.2) is 91.3 Å². The van der Waals surface area contributed by atoms with Crippen molar-refractivity contribution < 1.29 is 28.1 Å². The zero-order valence-electron chi connectivity index (χ0n) is 24.8. The van der Waals surface area contributed by atoms with Gasteiger partial charge in [0.15, 0.2) is 29.2 Å². The average molecular weight is 728 g/mol. The Balaban J connectivity index is 1.58. The molecule has 3 aromatic carbocycles. The number of nitrogens with one attached hydrogen (secondary N) is 1. The number of halogens is 3. The predicted molar refractivity (Wildman–Crippen MR) is 174 cm³/mol. The van der Waals surface area contributed by atoms with Crippen LogP contribution < -0.4 is 14.8 Å². The van der Waals surface area contributed by atoms with E-state index in [1.165, 1.54) is 10.9 Å². The maximum Gasteiger partial charge on any atom is 0.249 e. The van der Waals surface area contributed by atoms with Gasteiger partial charge in [0, 0.05) is 0 Å². The Bertz CT molecular complexity index is 1740. The SMILES string of the molecule is CCOc1nc(NC(c2ccccc2)(c2ccccc2)c2ccc(OC)cc2)nc2c1ncn2[C@H]1O[C@](F)(CI)[C@@H](O)[C@@]1(C)F. The molecule has 1 fully saturated rings. The van der Waals surface area contributed by atoms with Crippen LogP contribution in [0.25, 0.3) is 11.2 Å². The largest absolute Gasteiger partial charge is 0.497 e. The summed E-state index contributed by atoms with van der Waals surface area (Å²) in [7, 11) is 1.61. The number of hydrogen-bond acceptors (Lipinski definition) is 8. The topological polar surface area (TPSA) is 104 Å². The molecule has 12 heteroatoms. The summed E-state index contributed by atoms with van der Waals surface area (Å²) in [6.45, 7) is 3.17. The summed E-state index contributed by atoms with van der Waals surface area (Å²) in [5, 5.41) is 14.2. The van der Waals surface area contributed by atoms with E-state index in [0.29, 0.717) is 5.75 Å². The highest BCUT2D eigenvalue weighted by atomic mass is 127. The first-order valence-electron chi connectivity index (χ1n) is 14.4. The van der Waals surface area contributed by atoms with Crippen molar-refractivity contribution in [1.82, 2.24) is 19.5 Å². The number of hydrogen-bond donors (Lipinski definition) is 2. The van der Waals surface area contributed by atoms with Gasteiger partial charge in [-0.2, -0.15) is 9.97 Å². The Morgan fingerprint density at radius 3 is 2.11 bits per heavy atom. The molecule has 5 aromatic rings. The molecule has 0 amide bonds. The van der Waals surface area contributed by atoms with Gasteiger partial charge in [0.25, 0.3) is 0 Å². The zero-order valence-corrected chi connectivity index (χ0v) is 27.0. The molecule has 0 bridgehead atoms. The number of nitrogens with zero attached hydrogens (tertiary/aromatic N) is 4. The Hall–Kier alpha value is -3.88. The van der Waals surface area contributed by atoms with Crippen molar-refractivity contribution in [3.8, 4) is 11.6 Å². The molecule has 1 saturated heterocycles. The van der Waals surface area contributed by atoms with Crippen LogP contribution >= 0.6 is 22.6 Å². The summed E-state index contributed by atoms with van der Waals surface area (Å²) < 4.78 is 49.4. The van der Waals surface area contributed by atoms with E-state index in [9.17, 15) is 5.11 Å². The highest BCUT2D eigenvalue weighted by Gasteiger charge is 2.64. The van der Waals surface area contributed by atoms with E-state index < -0.39 is 29.4 Å². The summed E-state index contributed by atoms with van der Waals surface area (Å²) in [6.07, 6.45) is -2.30. The van der Waals surface area contributed by atoms with Crippen molar-refractivity contribution in [1.29, 1.82) is 0 Å². The van der Waals surface area contributed by atoms with Crippen LogP contribution in [0, 0.1) is 0 Å². The van der Waals surface area contributed by atoms with Gasteiger partial charge < -0.3 is 24.6 Å². The molecule has 1 aliphatic heterocycles. The third-order valence-electron chi connectivity index (χ3n) is 8.07. The predicted octanol–water partition coefficient (Wildman–Crippen LogP) is 6.36. The number of anilines is 1. The van der Waals surface area contributed by atoms with Crippen LogP contribution in [0.1, 0.15) is 36.8 Å². The van der Waals surface area contributed by atoms with E-state index in [1.54, 1.807) is 36.6 Å². The fourth-order valence-electron chi connectivity index (χ4n) is 5.81. The lowest BCUT2D eigenvalue weighted by Crippen LogP contribution is -2.45. The minimum absolute atomic E-state index is 0.135. The van der Waals surface area contributed by atoms with Gasteiger partial charge in [0.2, 0.25) is 17.7 Å². The smallest absolute Gasteiger partial charge is 0.249 e. The third-order valence-corrected chi connectivity index (χ3v) is 9.11. The van der Waals surface area contributed by atoms with Crippen molar-refractivity contribution in [3.05, 3.63) is 108 Å². The molecular formula is C33H32F2IN5O4. The number of imidazole rings is 1. The summed E-state index contributed by atoms with van der Waals surface area (Å²) in [4.78, 5) is 13.9. The van der Waals surface area contributed by atoms with Gasteiger partial charge in [0.05, 0.1) is 24.5 Å². The lowest BCUT2D eigenvalue weighted by molar-refractivity contribution is -0.167. The summed E-state index contributed by atoms with van der Waals surface area (Å²) in [5.74, 6) is -1.63. The molecule has 4 atom stereocenters. The Morgan fingerprint density at radius 1 is 0.978 bits per heavy atom. The molecule has 0 saturated carbocycles. The second-order valence-electron chi connectivity index (χ2n) is 10.9. The number of ether oxygens (including phenoxy) is 3. The van der Waals surface area contributed by atoms with Crippen LogP contribution in [0.3, 0.4) is 0 Å². The molecule has 2 N–H and O–H groups in total. The van der Waals surface area contributed by atoms with Gasteiger partial charge in [-0.25, -0.2) is 13.8 Å². The maximum absolute atomic E-state index is 16.0. The van der Waals surface area contributed by atoms with E-state index in [4.69, 9.17) is 24.2 Å². The monoisotopic (exact) mass is 727 g/mol. The molecule has 1 aliphatic rings. The minimum Gasteiger partial charge on any atom is -0.497 e. The van der Waals surface area contributed by atoms with E-state index in [-0.39, 0.29) is 34.0 Å².